The Hall–Kier alpha value is 0.730. The Bertz CT molecular complexity index is 1070. The van der Waals surface area contributed by atoms with Gasteiger partial charge in [-0.1, -0.05) is 92.9 Å². The third-order valence-corrected chi connectivity index (χ3v) is 11.4. The van der Waals surface area contributed by atoms with Crippen LogP contribution in [0.1, 0.15) is 20.3 Å². The van der Waals surface area contributed by atoms with E-state index in [2.05, 4.69) is 13.8 Å². The first-order valence-electron chi connectivity index (χ1n) is 7.47. The maximum absolute atomic E-state index is 12.1. The molecule has 2 aromatic carbocycles. The molecule has 9 heteroatoms. The average molecular weight is 486 g/mol. The predicted molar refractivity (Wildman–Crippen MR) is 120 cm³/mol. The van der Waals surface area contributed by atoms with Gasteiger partial charge in [0, 0.05) is 25.5 Å². The van der Waals surface area contributed by atoms with Crippen LogP contribution < -0.4 is 4.06 Å². The molecule has 0 aliphatic carbocycles. The molecular formula is C16H11Cl3OS5. The molecule has 132 valence electrons. The van der Waals surface area contributed by atoms with Crippen molar-refractivity contribution >= 4 is 111 Å². The highest BCUT2D eigenvalue weighted by atomic mass is 35.5. The van der Waals surface area contributed by atoms with E-state index >= 15 is 0 Å². The Morgan fingerprint density at radius 2 is 1.56 bits per heavy atom. The molecular weight excluding hydrogens is 475 g/mol. The minimum absolute atomic E-state index is 0.0549. The summed E-state index contributed by atoms with van der Waals surface area (Å²) in [5, 5.41) is 3.96. The number of thioether (sulfide) groups is 1. The van der Waals surface area contributed by atoms with Crippen LogP contribution in [0, 0.1) is 5.92 Å². The number of halogens is 3. The van der Waals surface area contributed by atoms with E-state index in [1.165, 1.54) is 22.7 Å². The quantitative estimate of drug-likeness (QED) is 0.271. The number of hydrogen-bond donors (Lipinski definition) is 0. The van der Waals surface area contributed by atoms with Crippen molar-refractivity contribution < 1.29 is 0 Å². The maximum atomic E-state index is 12.1. The van der Waals surface area contributed by atoms with Crippen molar-refractivity contribution in [1.82, 2.24) is 0 Å². The summed E-state index contributed by atoms with van der Waals surface area (Å²) in [5.41, 5.74) is 0. The zero-order valence-electron chi connectivity index (χ0n) is 13.1. The number of benzene rings is 2. The van der Waals surface area contributed by atoms with Gasteiger partial charge in [0.15, 0.2) is 0 Å². The maximum Gasteiger partial charge on any atom is 0.288 e. The summed E-state index contributed by atoms with van der Waals surface area (Å²) in [7, 11) is 3.19. The molecule has 0 N–H and O–H groups in total. The topological polar surface area (TPSA) is 17.1 Å². The highest BCUT2D eigenvalue weighted by Crippen LogP contribution is 2.62. The van der Waals surface area contributed by atoms with Gasteiger partial charge in [-0.15, -0.1) is 11.8 Å². The first-order valence-corrected chi connectivity index (χ1v) is 13.4. The van der Waals surface area contributed by atoms with Crippen molar-refractivity contribution in [3.63, 3.8) is 0 Å². The second-order valence-corrected chi connectivity index (χ2v) is 12.6. The van der Waals surface area contributed by atoms with Crippen LogP contribution in [0.5, 0.6) is 0 Å². The third-order valence-electron chi connectivity index (χ3n) is 3.88. The fourth-order valence-electron chi connectivity index (χ4n) is 2.65. The van der Waals surface area contributed by atoms with Gasteiger partial charge in [-0.25, -0.2) is 0 Å². The van der Waals surface area contributed by atoms with Crippen molar-refractivity contribution in [3.05, 3.63) is 23.9 Å². The van der Waals surface area contributed by atoms with E-state index in [-0.39, 0.29) is 4.06 Å². The molecule has 4 rings (SSSR count). The Labute approximate surface area is 180 Å². The van der Waals surface area contributed by atoms with Crippen molar-refractivity contribution in [2.75, 3.05) is 5.75 Å². The summed E-state index contributed by atoms with van der Waals surface area (Å²) < 4.78 is 1.86. The molecule has 0 spiro atoms. The van der Waals surface area contributed by atoms with Gasteiger partial charge in [-0.05, 0) is 18.1 Å². The van der Waals surface area contributed by atoms with Crippen LogP contribution >= 0.6 is 90.8 Å². The molecule has 0 radical (unpaired) electrons. The van der Waals surface area contributed by atoms with Gasteiger partial charge in [0.25, 0.3) is 4.06 Å². The molecule has 0 unspecified atom stereocenters. The van der Waals surface area contributed by atoms with Crippen LogP contribution in [0.4, 0.5) is 0 Å². The summed E-state index contributed by atoms with van der Waals surface area (Å²) in [4.78, 5) is 15.0. The van der Waals surface area contributed by atoms with E-state index in [0.29, 0.717) is 21.0 Å². The molecule has 3 aromatic rings. The molecule has 25 heavy (non-hydrogen) atoms. The van der Waals surface area contributed by atoms with Gasteiger partial charge in [-0.3, -0.25) is 4.79 Å². The minimum atomic E-state index is 0.0549. The van der Waals surface area contributed by atoms with Crippen molar-refractivity contribution in [2.45, 2.75) is 35.0 Å². The van der Waals surface area contributed by atoms with Gasteiger partial charge in [0.2, 0.25) is 0 Å². The number of hydrogen-bond acceptors (Lipinski definition) is 6. The van der Waals surface area contributed by atoms with Gasteiger partial charge < -0.3 is 0 Å². The Balaban J connectivity index is 2.08. The minimum Gasteiger partial charge on any atom is -0.265 e. The molecule has 0 saturated heterocycles. The SMILES string of the molecule is CC(C)CCSc1c(Cl)c(Cl)c2c3c(c(Cl)c4sc(=O)sc4c13)SS2. The summed E-state index contributed by atoms with van der Waals surface area (Å²) in [5.74, 6) is 1.58. The Kier molecular flexibility index (Phi) is 5.55. The Morgan fingerprint density at radius 3 is 2.24 bits per heavy atom. The van der Waals surface area contributed by atoms with Crippen molar-refractivity contribution in [3.8, 4) is 0 Å². The second-order valence-electron chi connectivity index (χ2n) is 5.99. The molecule has 1 nitrogen and oxygen atoms in total. The van der Waals surface area contributed by atoms with Gasteiger partial charge >= 0.3 is 0 Å². The van der Waals surface area contributed by atoms with Crippen molar-refractivity contribution in [2.24, 2.45) is 5.92 Å². The zero-order valence-corrected chi connectivity index (χ0v) is 19.4. The van der Waals surface area contributed by atoms with Gasteiger partial charge in [0.05, 0.1) is 24.5 Å². The first-order chi connectivity index (χ1) is 11.9. The lowest BCUT2D eigenvalue weighted by molar-refractivity contribution is 0.632. The molecule has 2 heterocycles. The summed E-state index contributed by atoms with van der Waals surface area (Å²) in [6.07, 6.45) is 1.09. The fraction of sp³-hybridized carbons (Fsp3) is 0.312. The molecule has 0 amide bonds. The van der Waals surface area contributed by atoms with Crippen LogP contribution in [-0.2, 0) is 0 Å². The van der Waals surface area contributed by atoms with Crippen LogP contribution in [0.2, 0.25) is 15.1 Å². The van der Waals surface area contributed by atoms with Crippen LogP contribution in [-0.4, -0.2) is 5.75 Å². The highest BCUT2D eigenvalue weighted by Gasteiger charge is 2.30. The first kappa shape index (κ1) is 19.1. The van der Waals surface area contributed by atoms with Crippen LogP contribution in [0.3, 0.4) is 0 Å². The molecule has 0 bridgehead atoms. The standard InChI is InChI=1S/C16H11Cl3OS5/c1-5(2)3-4-21-11-6-7-12(9(18)8(11)17)24-25-13(7)10(19)15-14(6)22-16(20)23-15/h5H,3-4H2,1-2H3. The molecule has 1 aromatic heterocycles. The molecule has 1 aliphatic rings. The summed E-state index contributed by atoms with van der Waals surface area (Å²) >= 11 is 24.1. The van der Waals surface area contributed by atoms with Gasteiger partial charge in [-0.2, -0.15) is 0 Å². The van der Waals surface area contributed by atoms with E-state index in [4.69, 9.17) is 34.8 Å². The van der Waals surface area contributed by atoms with Crippen LogP contribution in [0.25, 0.3) is 20.2 Å². The summed E-state index contributed by atoms with van der Waals surface area (Å²) in [6.45, 7) is 4.41. The Morgan fingerprint density at radius 1 is 0.920 bits per heavy atom. The normalized spacial score (nSPS) is 13.7. The third kappa shape index (κ3) is 3.15. The monoisotopic (exact) mass is 484 g/mol. The van der Waals surface area contributed by atoms with Crippen molar-refractivity contribution in [1.29, 1.82) is 0 Å². The average Bonchev–Trinajstić information content (AvgIpc) is 3.15. The van der Waals surface area contributed by atoms with E-state index in [1.807, 2.05) is 0 Å². The second kappa shape index (κ2) is 7.28. The fourth-order valence-corrected chi connectivity index (χ4v) is 10.5. The highest BCUT2D eigenvalue weighted by molar-refractivity contribution is 8.77. The number of fused-ring (bicyclic) bond motifs is 2. The van der Waals surface area contributed by atoms with E-state index < -0.39 is 0 Å². The molecule has 0 atom stereocenters. The predicted octanol–water partition coefficient (Wildman–Crippen LogP) is 8.69. The lowest BCUT2D eigenvalue weighted by Gasteiger charge is -2.14. The van der Waals surface area contributed by atoms with Crippen LogP contribution in [0.15, 0.2) is 19.5 Å². The smallest absolute Gasteiger partial charge is 0.265 e. The van der Waals surface area contributed by atoms with E-state index in [1.54, 1.807) is 33.3 Å². The van der Waals surface area contributed by atoms with E-state index in [0.717, 1.165) is 47.0 Å². The largest absolute Gasteiger partial charge is 0.288 e. The zero-order chi connectivity index (χ0) is 17.9. The molecule has 1 aliphatic heterocycles. The molecule has 0 saturated carbocycles. The number of rotatable bonds is 4. The van der Waals surface area contributed by atoms with E-state index in [9.17, 15) is 4.79 Å². The lowest BCUT2D eigenvalue weighted by Crippen LogP contribution is -1.92. The summed E-state index contributed by atoms with van der Waals surface area (Å²) in [6, 6.07) is 0. The van der Waals surface area contributed by atoms with Gasteiger partial charge in [0.1, 0.15) is 0 Å². The lowest BCUT2D eigenvalue weighted by atomic mass is 10.1. The molecule has 0 fully saturated rings.